The van der Waals surface area contributed by atoms with Crippen LogP contribution < -0.4 is 0 Å². The summed E-state index contributed by atoms with van der Waals surface area (Å²) in [7, 11) is 0. The maximum atomic E-state index is 2.60. The van der Waals surface area contributed by atoms with Crippen LogP contribution in [-0.4, -0.2) is 0 Å². The predicted molar refractivity (Wildman–Crippen MR) is 66.7 cm³/mol. The molecule has 0 bridgehead atoms. The molecule has 0 aromatic heterocycles. The molecule has 86 valence electrons. The van der Waals surface area contributed by atoms with E-state index in [4.69, 9.17) is 0 Å². The summed E-state index contributed by atoms with van der Waals surface area (Å²) in [6, 6.07) is 0. The summed E-state index contributed by atoms with van der Waals surface area (Å²) in [5.41, 5.74) is 2.17. The Morgan fingerprint density at radius 1 is 1.20 bits per heavy atom. The van der Waals surface area contributed by atoms with Gasteiger partial charge in [-0.05, 0) is 55.3 Å². The van der Waals surface area contributed by atoms with E-state index >= 15 is 0 Å². The summed E-state index contributed by atoms with van der Waals surface area (Å²) in [5.74, 6) is 3.55. The van der Waals surface area contributed by atoms with E-state index in [1.807, 2.05) is 0 Å². The van der Waals surface area contributed by atoms with Crippen molar-refractivity contribution in [3.63, 3.8) is 0 Å². The van der Waals surface area contributed by atoms with Crippen LogP contribution in [0.4, 0.5) is 0 Å². The quantitative estimate of drug-likeness (QED) is 0.506. The summed E-state index contributed by atoms with van der Waals surface area (Å²) >= 11 is 0. The fourth-order valence-corrected chi connectivity index (χ4v) is 3.88. The highest BCUT2D eigenvalue weighted by Gasteiger charge is 2.45. The van der Waals surface area contributed by atoms with Gasteiger partial charge in [-0.25, -0.2) is 0 Å². The fourth-order valence-electron chi connectivity index (χ4n) is 3.88. The van der Waals surface area contributed by atoms with Gasteiger partial charge in [0.15, 0.2) is 0 Å². The van der Waals surface area contributed by atoms with Gasteiger partial charge in [0.05, 0.1) is 0 Å². The van der Waals surface area contributed by atoms with Crippen LogP contribution in [0.25, 0.3) is 0 Å². The lowest BCUT2D eigenvalue weighted by Crippen LogP contribution is -2.32. The van der Waals surface area contributed by atoms with Crippen LogP contribution in [0.1, 0.15) is 53.9 Å². The molecule has 0 heteroatoms. The molecule has 2 rings (SSSR count). The Balaban J connectivity index is 2.35. The summed E-state index contributed by atoms with van der Waals surface area (Å²) in [5, 5.41) is 0. The van der Waals surface area contributed by atoms with E-state index in [1.54, 1.807) is 5.57 Å². The molecule has 0 aliphatic heterocycles. The molecule has 1 fully saturated rings. The van der Waals surface area contributed by atoms with Crippen molar-refractivity contribution in [3.05, 3.63) is 11.6 Å². The molecule has 0 saturated heterocycles. The van der Waals surface area contributed by atoms with Crippen LogP contribution >= 0.6 is 0 Å². The molecule has 0 radical (unpaired) electrons. The summed E-state index contributed by atoms with van der Waals surface area (Å²) < 4.78 is 0. The topological polar surface area (TPSA) is 0 Å². The van der Waals surface area contributed by atoms with Crippen molar-refractivity contribution in [2.24, 2.45) is 29.1 Å². The maximum absolute atomic E-state index is 2.60. The Morgan fingerprint density at radius 3 is 2.53 bits per heavy atom. The first-order valence-electron chi connectivity index (χ1n) is 6.60. The minimum Gasteiger partial charge on any atom is -0.0819 e. The van der Waals surface area contributed by atoms with Gasteiger partial charge in [0.2, 0.25) is 0 Å². The molecular weight excluding hydrogens is 180 g/mol. The number of rotatable bonds is 0. The zero-order valence-corrected chi connectivity index (χ0v) is 11.0. The minimum atomic E-state index is 0.531. The van der Waals surface area contributed by atoms with Crippen LogP contribution in [-0.2, 0) is 0 Å². The van der Waals surface area contributed by atoms with Crippen molar-refractivity contribution in [2.45, 2.75) is 53.9 Å². The molecule has 2 unspecified atom stereocenters. The summed E-state index contributed by atoms with van der Waals surface area (Å²) in [4.78, 5) is 0. The first-order valence-corrected chi connectivity index (χ1v) is 6.60. The molecule has 1 saturated carbocycles. The number of hydrogen-bond donors (Lipinski definition) is 0. The zero-order valence-electron chi connectivity index (χ0n) is 11.0. The largest absolute Gasteiger partial charge is 0.0819 e. The normalized spacial score (nSPS) is 44.5. The SMILES string of the molecule is CC1=C[C@@H]2C(C)CC[C@H]2C(C)(C)C(C)C1. The molecule has 2 aliphatic rings. The van der Waals surface area contributed by atoms with Crippen molar-refractivity contribution in [3.8, 4) is 0 Å². The standard InChI is InChI=1S/C15H26/c1-10-8-12(3)15(4,5)14-7-6-11(2)13(14)9-10/h9,11-14H,6-8H2,1-5H3/t11?,12?,13-,14-/m1/s1. The summed E-state index contributed by atoms with van der Waals surface area (Å²) in [6.07, 6.45) is 6.81. The second-order valence-electron chi connectivity index (χ2n) is 6.68. The smallest absolute Gasteiger partial charge is 0.0172 e. The van der Waals surface area contributed by atoms with Crippen LogP contribution in [0.5, 0.6) is 0 Å². The monoisotopic (exact) mass is 206 g/mol. The number of fused-ring (bicyclic) bond motifs is 1. The maximum Gasteiger partial charge on any atom is -0.0172 e. The van der Waals surface area contributed by atoms with Crippen molar-refractivity contribution in [2.75, 3.05) is 0 Å². The molecule has 0 heterocycles. The summed E-state index contributed by atoms with van der Waals surface area (Å²) in [6.45, 7) is 12.2. The first-order chi connectivity index (χ1) is 6.93. The van der Waals surface area contributed by atoms with E-state index in [-0.39, 0.29) is 0 Å². The molecule has 0 aromatic rings. The van der Waals surface area contributed by atoms with Gasteiger partial charge in [-0.3, -0.25) is 0 Å². The third-order valence-corrected chi connectivity index (χ3v) is 5.39. The van der Waals surface area contributed by atoms with Gasteiger partial charge in [0.25, 0.3) is 0 Å². The van der Waals surface area contributed by atoms with Crippen molar-refractivity contribution in [1.82, 2.24) is 0 Å². The Kier molecular flexibility index (Phi) is 2.73. The van der Waals surface area contributed by atoms with Crippen LogP contribution in [0, 0.1) is 29.1 Å². The van der Waals surface area contributed by atoms with Gasteiger partial charge >= 0.3 is 0 Å². The van der Waals surface area contributed by atoms with Gasteiger partial charge in [-0.2, -0.15) is 0 Å². The molecular formula is C15H26. The van der Waals surface area contributed by atoms with E-state index in [9.17, 15) is 0 Å². The average Bonchev–Trinajstić information content (AvgIpc) is 2.44. The van der Waals surface area contributed by atoms with Crippen molar-refractivity contribution in [1.29, 1.82) is 0 Å². The Hall–Kier alpha value is -0.260. The van der Waals surface area contributed by atoms with Crippen LogP contribution in [0.2, 0.25) is 0 Å². The molecule has 0 amide bonds. The Labute approximate surface area is 95.1 Å². The Morgan fingerprint density at radius 2 is 1.87 bits per heavy atom. The molecule has 15 heavy (non-hydrogen) atoms. The van der Waals surface area contributed by atoms with E-state index in [1.165, 1.54) is 19.3 Å². The van der Waals surface area contributed by atoms with E-state index in [0.29, 0.717) is 5.41 Å². The van der Waals surface area contributed by atoms with Gasteiger partial charge in [-0.1, -0.05) is 39.3 Å². The molecule has 0 aromatic carbocycles. The fraction of sp³-hybridized carbons (Fsp3) is 0.867. The lowest BCUT2D eigenvalue weighted by atomic mass is 9.66. The highest BCUT2D eigenvalue weighted by molar-refractivity contribution is 5.13. The van der Waals surface area contributed by atoms with E-state index in [2.05, 4.69) is 40.7 Å². The predicted octanol–water partition coefficient (Wildman–Crippen LogP) is 4.66. The highest BCUT2D eigenvalue weighted by atomic mass is 14.5. The molecule has 0 nitrogen and oxygen atoms in total. The van der Waals surface area contributed by atoms with Gasteiger partial charge in [-0.15, -0.1) is 0 Å². The average molecular weight is 206 g/mol. The van der Waals surface area contributed by atoms with Crippen LogP contribution in [0.15, 0.2) is 11.6 Å². The van der Waals surface area contributed by atoms with Gasteiger partial charge in [0.1, 0.15) is 0 Å². The van der Waals surface area contributed by atoms with E-state index < -0.39 is 0 Å². The van der Waals surface area contributed by atoms with Gasteiger partial charge < -0.3 is 0 Å². The molecule has 2 aliphatic carbocycles. The van der Waals surface area contributed by atoms with Gasteiger partial charge in [0, 0.05) is 0 Å². The number of allylic oxidation sites excluding steroid dienone is 2. The number of hydrogen-bond acceptors (Lipinski definition) is 0. The molecule has 0 spiro atoms. The highest BCUT2D eigenvalue weighted by Crippen LogP contribution is 2.53. The van der Waals surface area contributed by atoms with Crippen molar-refractivity contribution >= 4 is 0 Å². The van der Waals surface area contributed by atoms with E-state index in [0.717, 1.165) is 23.7 Å². The third-order valence-electron chi connectivity index (χ3n) is 5.39. The molecule has 0 N–H and O–H groups in total. The minimum absolute atomic E-state index is 0.531. The van der Waals surface area contributed by atoms with Crippen LogP contribution in [0.3, 0.4) is 0 Å². The van der Waals surface area contributed by atoms with Crippen molar-refractivity contribution < 1.29 is 0 Å². The molecule has 4 atom stereocenters. The third kappa shape index (κ3) is 1.77. The first kappa shape index (κ1) is 11.2. The lowest BCUT2D eigenvalue weighted by Gasteiger charge is -2.39. The second-order valence-corrected chi connectivity index (χ2v) is 6.68. The lowest BCUT2D eigenvalue weighted by molar-refractivity contribution is 0.109. The Bertz CT molecular complexity index is 272. The zero-order chi connectivity index (χ0) is 11.2. The second kappa shape index (κ2) is 3.64.